The second kappa shape index (κ2) is 6.61. The average Bonchev–Trinajstić information content (AvgIpc) is 2.69. The lowest BCUT2D eigenvalue weighted by Crippen LogP contribution is -2.58. The van der Waals surface area contributed by atoms with Gasteiger partial charge in [0.25, 0.3) is 0 Å². The van der Waals surface area contributed by atoms with E-state index in [9.17, 15) is 34.8 Å². The summed E-state index contributed by atoms with van der Waals surface area (Å²) in [6.07, 6.45) is -5.47. The molecule has 10 nitrogen and oxygen atoms in total. The lowest BCUT2D eigenvalue weighted by Gasteiger charge is -2.52. The number of aromatic hydroxyl groups is 2. The quantitative estimate of drug-likeness (QED) is 0.410. The average molecular weight is 446 g/mol. The Morgan fingerprint density at radius 2 is 1.75 bits per heavy atom. The van der Waals surface area contributed by atoms with E-state index in [0.29, 0.717) is 0 Å². The number of Topliss-reactive ketones (excluding diaryl/α,β-unsaturated/α-hetero) is 2. The molecule has 0 amide bonds. The number of carboxylic acids is 1. The van der Waals surface area contributed by atoms with E-state index >= 15 is 0 Å². The minimum absolute atomic E-state index is 0.0170. The highest BCUT2D eigenvalue weighted by Crippen LogP contribution is 2.59. The Hall–Kier alpha value is -2.79. The summed E-state index contributed by atoms with van der Waals surface area (Å²) >= 11 is 0. The van der Waals surface area contributed by atoms with Crippen molar-refractivity contribution >= 4 is 17.5 Å². The fraction of sp³-hybridized carbons (Fsp3) is 0.500. The van der Waals surface area contributed by atoms with Crippen molar-refractivity contribution in [1.29, 1.82) is 0 Å². The summed E-state index contributed by atoms with van der Waals surface area (Å²) in [6, 6.07) is 0. The summed E-state index contributed by atoms with van der Waals surface area (Å²) in [7, 11) is 0. The van der Waals surface area contributed by atoms with Crippen molar-refractivity contribution < 1.29 is 49.4 Å². The topological polar surface area (TPSA) is 171 Å². The highest BCUT2D eigenvalue weighted by atomic mass is 16.5. The number of carbonyl (C=O) groups is 3. The van der Waals surface area contributed by atoms with Gasteiger partial charge in [-0.1, -0.05) is 0 Å². The second-order valence-electron chi connectivity index (χ2n) is 8.83. The van der Waals surface area contributed by atoms with Crippen LogP contribution in [0.2, 0.25) is 0 Å². The van der Waals surface area contributed by atoms with E-state index in [1.54, 1.807) is 0 Å². The Balaban J connectivity index is 1.73. The third-order valence-electron chi connectivity index (χ3n) is 7.08. The highest BCUT2D eigenvalue weighted by molar-refractivity contribution is 6.29. The van der Waals surface area contributed by atoms with Crippen LogP contribution in [-0.4, -0.2) is 67.5 Å². The normalized spacial score (nSPS) is 35.4. The molecule has 5 N–H and O–H groups in total. The molecule has 6 atom stereocenters. The maximum atomic E-state index is 13.4. The van der Waals surface area contributed by atoms with Crippen LogP contribution in [0.15, 0.2) is 11.1 Å². The van der Waals surface area contributed by atoms with Crippen molar-refractivity contribution in [2.75, 3.05) is 0 Å². The standard InChI is InChI=1S/C22H22O10/c1-6-13-9(3-8(31-6)4-12(24)25)18(26)15-16(19(13)27)21(29)17-14(20(15)28)10-5-11(23)22(17,30)7(2)32-10/h6-8,10-11,23,28-30H,3-5H2,1-2H3,(H,24,25). The van der Waals surface area contributed by atoms with Gasteiger partial charge in [0.05, 0.1) is 48.1 Å². The number of benzene rings is 1. The molecule has 32 heavy (non-hydrogen) atoms. The maximum Gasteiger partial charge on any atom is 0.305 e. The molecule has 5 aliphatic rings. The summed E-state index contributed by atoms with van der Waals surface area (Å²) in [5.41, 5.74) is -3.17. The molecule has 0 saturated carbocycles. The van der Waals surface area contributed by atoms with Gasteiger partial charge >= 0.3 is 5.97 Å². The Morgan fingerprint density at radius 3 is 2.38 bits per heavy atom. The number of phenols is 2. The van der Waals surface area contributed by atoms with Crippen molar-refractivity contribution in [2.45, 2.75) is 69.2 Å². The third kappa shape index (κ3) is 2.46. The number of carbonyl (C=O) groups excluding carboxylic acids is 2. The van der Waals surface area contributed by atoms with Gasteiger partial charge in [-0.25, -0.2) is 0 Å². The van der Waals surface area contributed by atoms with Crippen LogP contribution in [0.4, 0.5) is 0 Å². The van der Waals surface area contributed by atoms with E-state index in [-0.39, 0.29) is 41.5 Å². The predicted octanol–water partition coefficient (Wildman–Crippen LogP) is 0.837. The first kappa shape index (κ1) is 21.1. The number of rotatable bonds is 2. The number of fused-ring (bicyclic) bond motifs is 3. The van der Waals surface area contributed by atoms with E-state index in [0.717, 1.165) is 0 Å². The molecular formula is C22H22O10. The zero-order valence-corrected chi connectivity index (χ0v) is 17.3. The molecule has 6 unspecified atom stereocenters. The fourth-order valence-corrected chi connectivity index (χ4v) is 5.64. The molecule has 0 spiro atoms. The van der Waals surface area contributed by atoms with Crippen LogP contribution in [0.3, 0.4) is 0 Å². The van der Waals surface area contributed by atoms with Crippen LogP contribution in [0.5, 0.6) is 11.5 Å². The molecule has 1 saturated heterocycles. The molecule has 10 heteroatoms. The van der Waals surface area contributed by atoms with Crippen LogP contribution in [-0.2, 0) is 19.9 Å². The van der Waals surface area contributed by atoms with Crippen molar-refractivity contribution in [2.24, 2.45) is 0 Å². The molecule has 2 aliphatic carbocycles. The van der Waals surface area contributed by atoms with Gasteiger partial charge in [0, 0.05) is 35.1 Å². The van der Waals surface area contributed by atoms with Gasteiger partial charge in [-0.05, 0) is 13.8 Å². The van der Waals surface area contributed by atoms with Crippen LogP contribution >= 0.6 is 0 Å². The van der Waals surface area contributed by atoms with Gasteiger partial charge in [0.1, 0.15) is 17.1 Å². The van der Waals surface area contributed by atoms with Gasteiger partial charge < -0.3 is 35.0 Å². The zero-order valence-electron chi connectivity index (χ0n) is 17.3. The molecule has 1 aromatic rings. The van der Waals surface area contributed by atoms with Crippen molar-refractivity contribution in [3.8, 4) is 11.5 Å². The number of aliphatic carboxylic acids is 1. The number of hydrogen-bond donors (Lipinski definition) is 5. The number of aliphatic hydroxyl groups is 2. The lowest BCUT2D eigenvalue weighted by molar-refractivity contribution is -0.246. The van der Waals surface area contributed by atoms with Crippen molar-refractivity contribution in [1.82, 2.24) is 0 Å². The molecule has 6 rings (SSSR count). The summed E-state index contributed by atoms with van der Waals surface area (Å²) < 4.78 is 11.3. The number of ketones is 2. The van der Waals surface area contributed by atoms with E-state index < -0.39 is 76.3 Å². The van der Waals surface area contributed by atoms with Gasteiger partial charge in [-0.15, -0.1) is 0 Å². The van der Waals surface area contributed by atoms with Crippen LogP contribution < -0.4 is 0 Å². The maximum absolute atomic E-state index is 13.4. The molecule has 170 valence electrons. The summed E-state index contributed by atoms with van der Waals surface area (Å²) in [5, 5.41) is 53.0. The summed E-state index contributed by atoms with van der Waals surface area (Å²) in [6.45, 7) is 3.01. The molecular weight excluding hydrogens is 424 g/mol. The van der Waals surface area contributed by atoms with E-state index in [4.69, 9.17) is 14.6 Å². The lowest BCUT2D eigenvalue weighted by atomic mass is 9.66. The number of phenolic OH excluding ortho intramolecular Hbond substituents is 2. The molecule has 1 fully saturated rings. The molecule has 2 bridgehead atoms. The Labute approximate surface area is 181 Å². The number of hydrogen-bond acceptors (Lipinski definition) is 9. The molecule has 3 heterocycles. The Bertz CT molecular complexity index is 1120. The fourth-order valence-electron chi connectivity index (χ4n) is 5.64. The first-order chi connectivity index (χ1) is 15.0. The Morgan fingerprint density at radius 1 is 1.09 bits per heavy atom. The predicted molar refractivity (Wildman–Crippen MR) is 104 cm³/mol. The number of carboxylic acid groups (broad SMARTS) is 1. The van der Waals surface area contributed by atoms with Crippen molar-refractivity contribution in [3.63, 3.8) is 0 Å². The van der Waals surface area contributed by atoms with Gasteiger partial charge in [-0.2, -0.15) is 0 Å². The van der Waals surface area contributed by atoms with Gasteiger partial charge in [-0.3, -0.25) is 14.4 Å². The Kier molecular flexibility index (Phi) is 4.35. The zero-order chi connectivity index (χ0) is 23.3. The van der Waals surface area contributed by atoms with Crippen LogP contribution in [0.25, 0.3) is 0 Å². The summed E-state index contributed by atoms with van der Waals surface area (Å²) in [4.78, 5) is 37.9. The van der Waals surface area contributed by atoms with Gasteiger partial charge in [0.2, 0.25) is 0 Å². The van der Waals surface area contributed by atoms with E-state index in [2.05, 4.69) is 0 Å². The summed E-state index contributed by atoms with van der Waals surface area (Å²) in [5.74, 6) is -3.85. The molecule has 3 aliphatic heterocycles. The first-order valence-electron chi connectivity index (χ1n) is 10.4. The first-order valence-corrected chi connectivity index (χ1v) is 10.4. The number of aliphatic hydroxyl groups excluding tert-OH is 1. The molecule has 0 radical (unpaired) electrons. The van der Waals surface area contributed by atoms with E-state index in [1.807, 2.05) is 0 Å². The minimum atomic E-state index is -2.08. The van der Waals surface area contributed by atoms with Gasteiger partial charge in [0.15, 0.2) is 11.6 Å². The SMILES string of the molecule is CC1OC(CC(=O)O)CC2=C1C(=O)c1c(O)c3c(c(O)c1C2=O)C1CC(O)C3(O)C(C)O1. The molecule has 1 aromatic carbocycles. The van der Waals surface area contributed by atoms with Crippen LogP contribution in [0, 0.1) is 0 Å². The number of ether oxygens (including phenoxy) is 2. The highest BCUT2D eigenvalue weighted by Gasteiger charge is 2.59. The minimum Gasteiger partial charge on any atom is -0.507 e. The molecule has 0 aromatic heterocycles. The smallest absolute Gasteiger partial charge is 0.305 e. The second-order valence-corrected chi connectivity index (χ2v) is 8.83. The van der Waals surface area contributed by atoms with Crippen LogP contribution in [0.1, 0.15) is 71.1 Å². The van der Waals surface area contributed by atoms with E-state index in [1.165, 1.54) is 13.8 Å². The van der Waals surface area contributed by atoms with Crippen molar-refractivity contribution in [3.05, 3.63) is 33.4 Å². The third-order valence-corrected chi connectivity index (χ3v) is 7.08. The monoisotopic (exact) mass is 446 g/mol. The largest absolute Gasteiger partial charge is 0.507 e.